The summed E-state index contributed by atoms with van der Waals surface area (Å²) in [5.41, 5.74) is 5.38. The van der Waals surface area contributed by atoms with Gasteiger partial charge in [0.05, 0.1) is 11.7 Å². The minimum absolute atomic E-state index is 0. The molecule has 33 heavy (non-hydrogen) atoms. The first-order chi connectivity index (χ1) is 14.9. The van der Waals surface area contributed by atoms with Gasteiger partial charge in [-0.25, -0.2) is 4.79 Å². The van der Waals surface area contributed by atoms with Crippen LogP contribution in [0, 0.1) is 5.92 Å². The molecular formula is C26H32Cl2N2O3. The Labute approximate surface area is 208 Å². The minimum atomic E-state index is -0.876. The molecule has 0 unspecified atom stereocenters. The van der Waals surface area contributed by atoms with E-state index in [4.69, 9.17) is 0 Å². The Morgan fingerprint density at radius 1 is 1.03 bits per heavy atom. The zero-order chi connectivity index (χ0) is 22.2. The number of halogens is 2. The molecule has 0 fully saturated rings. The van der Waals surface area contributed by atoms with Crippen molar-refractivity contribution in [1.29, 1.82) is 0 Å². The highest BCUT2D eigenvalue weighted by Crippen LogP contribution is 2.25. The van der Waals surface area contributed by atoms with Crippen LogP contribution >= 0.6 is 24.8 Å². The van der Waals surface area contributed by atoms with E-state index in [-0.39, 0.29) is 24.8 Å². The molecule has 178 valence electrons. The maximum absolute atomic E-state index is 11.5. The zero-order valence-electron chi connectivity index (χ0n) is 18.9. The minimum Gasteiger partial charge on any atom is -0.478 e. The highest BCUT2D eigenvalue weighted by Gasteiger charge is 2.13. The summed E-state index contributed by atoms with van der Waals surface area (Å²) in [4.78, 5) is 15.5. The molecule has 1 aromatic heterocycles. The van der Waals surface area contributed by atoms with Gasteiger partial charge in [0.2, 0.25) is 0 Å². The van der Waals surface area contributed by atoms with E-state index >= 15 is 0 Å². The summed E-state index contributed by atoms with van der Waals surface area (Å²) >= 11 is 0. The number of nitrogens with zero attached hydrogens (tertiary/aromatic N) is 1. The second-order valence-corrected chi connectivity index (χ2v) is 8.23. The number of benzene rings is 2. The van der Waals surface area contributed by atoms with Crippen LogP contribution in [0.4, 0.5) is 0 Å². The molecule has 1 atom stereocenters. The van der Waals surface area contributed by atoms with Crippen molar-refractivity contribution in [3.63, 3.8) is 0 Å². The van der Waals surface area contributed by atoms with Gasteiger partial charge in [0.15, 0.2) is 0 Å². The molecule has 3 aromatic rings. The van der Waals surface area contributed by atoms with Crippen LogP contribution in [0.1, 0.15) is 47.0 Å². The Kier molecular flexibility index (Phi) is 12.1. The van der Waals surface area contributed by atoms with Crippen LogP contribution in [0.5, 0.6) is 0 Å². The van der Waals surface area contributed by atoms with Gasteiger partial charge >= 0.3 is 5.97 Å². The first kappa shape index (κ1) is 28.6. The lowest BCUT2D eigenvalue weighted by Gasteiger charge is -2.13. The number of carbonyl (C=O) groups is 1. The first-order valence-electron chi connectivity index (χ1n) is 10.7. The Hall–Kier alpha value is -2.44. The van der Waals surface area contributed by atoms with Gasteiger partial charge in [-0.2, -0.15) is 0 Å². The number of aliphatic hydroxyl groups excluding tert-OH is 1. The quantitative estimate of drug-likeness (QED) is 0.333. The summed E-state index contributed by atoms with van der Waals surface area (Å²) in [5, 5.41) is 22.9. The molecule has 0 aliphatic carbocycles. The van der Waals surface area contributed by atoms with Crippen LogP contribution in [0.2, 0.25) is 0 Å². The van der Waals surface area contributed by atoms with Crippen LogP contribution in [-0.4, -0.2) is 34.3 Å². The molecule has 0 bridgehead atoms. The maximum atomic E-state index is 11.5. The van der Waals surface area contributed by atoms with Crippen molar-refractivity contribution >= 4 is 30.8 Å². The van der Waals surface area contributed by atoms with Crippen molar-refractivity contribution in [2.24, 2.45) is 5.92 Å². The van der Waals surface area contributed by atoms with Crippen molar-refractivity contribution in [3.8, 4) is 11.1 Å². The van der Waals surface area contributed by atoms with Gasteiger partial charge in [0, 0.05) is 24.5 Å². The van der Waals surface area contributed by atoms with Crippen molar-refractivity contribution < 1.29 is 15.0 Å². The number of rotatable bonds is 10. The summed E-state index contributed by atoms with van der Waals surface area (Å²) in [5.74, 6) is -0.487. The molecule has 0 saturated heterocycles. The Morgan fingerprint density at radius 2 is 1.73 bits per heavy atom. The van der Waals surface area contributed by atoms with Crippen molar-refractivity contribution in [2.45, 2.75) is 32.8 Å². The van der Waals surface area contributed by atoms with E-state index in [9.17, 15) is 15.0 Å². The number of aliphatic hydroxyl groups is 1. The van der Waals surface area contributed by atoms with Gasteiger partial charge in [-0.1, -0.05) is 56.3 Å². The van der Waals surface area contributed by atoms with Crippen LogP contribution in [0.15, 0.2) is 67.0 Å². The third-order valence-electron chi connectivity index (χ3n) is 5.25. The van der Waals surface area contributed by atoms with E-state index in [1.165, 1.54) is 5.56 Å². The molecule has 2 aromatic carbocycles. The third-order valence-corrected chi connectivity index (χ3v) is 5.25. The lowest BCUT2D eigenvalue weighted by Crippen LogP contribution is -2.23. The summed E-state index contributed by atoms with van der Waals surface area (Å²) in [7, 11) is 0. The second-order valence-electron chi connectivity index (χ2n) is 8.23. The van der Waals surface area contributed by atoms with Gasteiger partial charge in [-0.05, 0) is 59.7 Å². The molecule has 7 heteroatoms. The van der Waals surface area contributed by atoms with Crippen LogP contribution in [-0.2, 0) is 12.8 Å². The standard InChI is InChI=1S/C26H30N2O3.2ClH/c1-18(2)14-23-15-21(9-10-24(23)26(30)31)20-7-5-19(6-8-20)11-13-28-17-25(29)22-4-3-12-27-16-22;;/h3-10,12,15-16,18,25,28-29H,11,13-14,17H2,1-2H3,(H,30,31);2*1H/t25-;;/m0../s1. The predicted octanol–water partition coefficient (Wildman–Crippen LogP) is 5.35. The highest BCUT2D eigenvalue weighted by molar-refractivity contribution is 5.90. The Bertz CT molecular complexity index is 996. The lowest BCUT2D eigenvalue weighted by molar-refractivity contribution is 0.0695. The van der Waals surface area contributed by atoms with Crippen molar-refractivity contribution in [3.05, 3.63) is 89.2 Å². The number of hydrogen-bond donors (Lipinski definition) is 3. The summed E-state index contributed by atoms with van der Waals surface area (Å²) in [6.45, 7) is 5.44. The number of nitrogens with one attached hydrogen (secondary N) is 1. The molecule has 5 nitrogen and oxygen atoms in total. The molecule has 0 radical (unpaired) electrons. The fraction of sp³-hybridized carbons (Fsp3) is 0.308. The number of carboxylic acids is 1. The lowest BCUT2D eigenvalue weighted by atomic mass is 9.93. The molecule has 3 N–H and O–H groups in total. The molecule has 0 spiro atoms. The fourth-order valence-corrected chi connectivity index (χ4v) is 3.62. The number of aromatic nitrogens is 1. The number of aromatic carboxylic acids is 1. The SMILES string of the molecule is CC(C)Cc1cc(-c2ccc(CCNC[C@H](O)c3cccnc3)cc2)ccc1C(=O)O.Cl.Cl. The van der Waals surface area contributed by atoms with E-state index in [0.29, 0.717) is 18.0 Å². The van der Waals surface area contributed by atoms with E-state index in [1.54, 1.807) is 18.5 Å². The average Bonchev–Trinajstić information content (AvgIpc) is 2.77. The van der Waals surface area contributed by atoms with E-state index in [1.807, 2.05) is 24.3 Å². The Morgan fingerprint density at radius 3 is 2.33 bits per heavy atom. The van der Waals surface area contributed by atoms with Crippen LogP contribution < -0.4 is 5.32 Å². The summed E-state index contributed by atoms with van der Waals surface area (Å²) in [6, 6.07) is 17.6. The van der Waals surface area contributed by atoms with Gasteiger partial charge in [-0.3, -0.25) is 4.98 Å². The van der Waals surface area contributed by atoms with E-state index < -0.39 is 12.1 Å². The second kappa shape index (κ2) is 14.0. The van der Waals surface area contributed by atoms with Gasteiger partial charge < -0.3 is 15.5 Å². The number of hydrogen-bond acceptors (Lipinski definition) is 4. The predicted molar refractivity (Wildman–Crippen MR) is 138 cm³/mol. The van der Waals surface area contributed by atoms with Crippen LogP contribution in [0.3, 0.4) is 0 Å². The van der Waals surface area contributed by atoms with Gasteiger partial charge in [0.1, 0.15) is 0 Å². The third kappa shape index (κ3) is 8.45. The van der Waals surface area contributed by atoms with Crippen molar-refractivity contribution in [2.75, 3.05) is 13.1 Å². The summed E-state index contributed by atoms with van der Waals surface area (Å²) < 4.78 is 0. The van der Waals surface area contributed by atoms with Crippen LogP contribution in [0.25, 0.3) is 11.1 Å². The normalized spacial score (nSPS) is 11.4. The molecule has 1 heterocycles. The number of pyridine rings is 1. The van der Waals surface area contributed by atoms with E-state index in [2.05, 4.69) is 48.4 Å². The molecule has 0 aliphatic rings. The Balaban J connectivity index is 0.00000272. The first-order valence-corrected chi connectivity index (χ1v) is 10.7. The summed E-state index contributed by atoms with van der Waals surface area (Å²) in [6.07, 6.45) is 4.41. The molecule has 0 amide bonds. The topological polar surface area (TPSA) is 82.5 Å². The molecule has 3 rings (SSSR count). The maximum Gasteiger partial charge on any atom is 0.335 e. The van der Waals surface area contributed by atoms with Gasteiger partial charge in [0.25, 0.3) is 0 Å². The highest BCUT2D eigenvalue weighted by atomic mass is 35.5. The zero-order valence-corrected chi connectivity index (χ0v) is 20.5. The molecular weight excluding hydrogens is 459 g/mol. The average molecular weight is 491 g/mol. The molecule has 0 saturated carbocycles. The fourth-order valence-electron chi connectivity index (χ4n) is 3.62. The van der Waals surface area contributed by atoms with E-state index in [0.717, 1.165) is 41.6 Å². The van der Waals surface area contributed by atoms with Crippen molar-refractivity contribution in [1.82, 2.24) is 10.3 Å². The monoisotopic (exact) mass is 490 g/mol. The number of carboxylic acid groups (broad SMARTS) is 1. The molecule has 0 aliphatic heterocycles. The van der Waals surface area contributed by atoms with Gasteiger partial charge in [-0.15, -0.1) is 24.8 Å². The smallest absolute Gasteiger partial charge is 0.335 e. The largest absolute Gasteiger partial charge is 0.478 e.